The third-order valence-electron chi connectivity index (χ3n) is 5.26. The van der Waals surface area contributed by atoms with E-state index in [0.717, 1.165) is 0 Å². The van der Waals surface area contributed by atoms with Gasteiger partial charge in [-0.2, -0.15) is 0 Å². The van der Waals surface area contributed by atoms with Crippen molar-refractivity contribution in [2.45, 2.75) is 57.2 Å². The molecule has 0 bridgehead atoms. The van der Waals surface area contributed by atoms with Crippen LogP contribution in [-0.4, -0.2) is 54.0 Å². The number of furan rings is 1. The lowest BCUT2D eigenvalue weighted by Crippen LogP contribution is -2.67. The molecule has 0 saturated carbocycles. The Morgan fingerprint density at radius 2 is 2.00 bits per heavy atom. The number of fused-ring (bicyclic) bond motifs is 1. The lowest BCUT2D eigenvalue weighted by atomic mass is 9.95. The third-order valence-corrected chi connectivity index (χ3v) is 5.26. The number of aliphatic hydroxyl groups excluding tert-OH is 1. The molecule has 2 N–H and O–H groups in total. The Labute approximate surface area is 179 Å². The molecule has 2 fully saturated rings. The molecule has 2 saturated heterocycles. The topological polar surface area (TPSA) is 116 Å². The summed E-state index contributed by atoms with van der Waals surface area (Å²) in [6.45, 7) is 3.22. The fourth-order valence-corrected chi connectivity index (χ4v) is 3.77. The Kier molecular flexibility index (Phi) is 6.38. The predicted octanol–water partition coefficient (Wildman–Crippen LogP) is 1.96. The van der Waals surface area contributed by atoms with Crippen molar-refractivity contribution < 1.29 is 38.1 Å². The molecule has 1 amide bonds. The second-order valence-electron chi connectivity index (χ2n) is 7.43. The maximum atomic E-state index is 12.3. The quantitative estimate of drug-likeness (QED) is 0.667. The molecule has 9 heteroatoms. The van der Waals surface area contributed by atoms with E-state index in [1.165, 1.54) is 13.2 Å². The van der Waals surface area contributed by atoms with Gasteiger partial charge in [-0.25, -0.2) is 0 Å². The number of para-hydroxylation sites is 1. The molecule has 0 aliphatic carbocycles. The van der Waals surface area contributed by atoms with Crippen LogP contribution in [0.3, 0.4) is 0 Å². The molecule has 0 spiro atoms. The van der Waals surface area contributed by atoms with Gasteiger partial charge in [0.1, 0.15) is 30.1 Å². The zero-order valence-electron chi connectivity index (χ0n) is 17.2. The van der Waals surface area contributed by atoms with Crippen molar-refractivity contribution in [3.8, 4) is 5.75 Å². The number of Topliss-reactive ketones (excluding diaryl/α,β-unsaturated/α-hetero) is 1. The Morgan fingerprint density at radius 3 is 2.71 bits per heavy atom. The first-order chi connectivity index (χ1) is 15.0. The maximum Gasteiger partial charge on any atom is 0.223 e. The highest BCUT2D eigenvalue weighted by Crippen LogP contribution is 2.35. The third kappa shape index (κ3) is 4.49. The van der Waals surface area contributed by atoms with E-state index in [1.807, 2.05) is 0 Å². The van der Waals surface area contributed by atoms with Crippen LogP contribution in [0.1, 0.15) is 42.7 Å². The van der Waals surface area contributed by atoms with Gasteiger partial charge in [0.2, 0.25) is 18.5 Å². The Morgan fingerprint density at radius 1 is 1.19 bits per heavy atom. The van der Waals surface area contributed by atoms with Gasteiger partial charge in [-0.15, -0.1) is 0 Å². The monoisotopic (exact) mass is 431 g/mol. The van der Waals surface area contributed by atoms with Crippen LogP contribution >= 0.6 is 0 Å². The maximum absolute atomic E-state index is 12.3. The van der Waals surface area contributed by atoms with Gasteiger partial charge in [0, 0.05) is 13.3 Å². The van der Waals surface area contributed by atoms with Gasteiger partial charge >= 0.3 is 0 Å². The molecule has 1 aromatic heterocycles. The summed E-state index contributed by atoms with van der Waals surface area (Å²) >= 11 is 0. The smallest absolute Gasteiger partial charge is 0.223 e. The minimum atomic E-state index is -1.15. The van der Waals surface area contributed by atoms with Gasteiger partial charge < -0.3 is 33.8 Å². The summed E-state index contributed by atoms with van der Waals surface area (Å²) in [4.78, 5) is 24.1. The van der Waals surface area contributed by atoms with Crippen LogP contribution in [0, 0.1) is 0 Å². The van der Waals surface area contributed by atoms with Gasteiger partial charge in [-0.1, -0.05) is 19.1 Å². The van der Waals surface area contributed by atoms with Crippen LogP contribution in [0.15, 0.2) is 47.1 Å². The zero-order valence-corrected chi connectivity index (χ0v) is 17.2. The largest absolute Gasteiger partial charge is 0.464 e. The standard InChI is InChI=1S/C22H25NO8/c1-3-14(25)13-7-4-5-8-15(13)29-22-18(23-12(2)24)19(26)20-17(30-22)11-28-21(31-20)16-9-6-10-27-16/h4-10,17-22,26H,3,11H2,1-2H3,(H,23,24). The second-order valence-corrected chi connectivity index (χ2v) is 7.43. The summed E-state index contributed by atoms with van der Waals surface area (Å²) in [5.41, 5.74) is 0.404. The number of carbonyl (C=O) groups excluding carboxylic acids is 2. The van der Waals surface area contributed by atoms with E-state index in [1.54, 1.807) is 43.3 Å². The molecule has 6 unspecified atom stereocenters. The molecule has 6 atom stereocenters. The molecule has 9 nitrogen and oxygen atoms in total. The summed E-state index contributed by atoms with van der Waals surface area (Å²) in [5, 5.41) is 13.7. The molecule has 2 aliphatic heterocycles. The van der Waals surface area contributed by atoms with Crippen molar-refractivity contribution in [2.75, 3.05) is 6.61 Å². The fourth-order valence-electron chi connectivity index (χ4n) is 3.77. The number of benzene rings is 1. The molecule has 2 aromatic rings. The van der Waals surface area contributed by atoms with Crippen molar-refractivity contribution in [2.24, 2.45) is 0 Å². The van der Waals surface area contributed by atoms with Gasteiger partial charge in [0.15, 0.2) is 11.5 Å². The van der Waals surface area contributed by atoms with Crippen LogP contribution in [0.4, 0.5) is 0 Å². The van der Waals surface area contributed by atoms with Crippen molar-refractivity contribution >= 4 is 11.7 Å². The lowest BCUT2D eigenvalue weighted by molar-refractivity contribution is -0.336. The molecule has 4 rings (SSSR count). The number of hydrogen-bond donors (Lipinski definition) is 2. The van der Waals surface area contributed by atoms with Crippen LogP contribution in [0.2, 0.25) is 0 Å². The molecule has 31 heavy (non-hydrogen) atoms. The summed E-state index contributed by atoms with van der Waals surface area (Å²) < 4.78 is 28.9. The highest BCUT2D eigenvalue weighted by Gasteiger charge is 2.51. The number of ether oxygens (including phenoxy) is 4. The summed E-state index contributed by atoms with van der Waals surface area (Å²) in [6.07, 6.45) is -2.63. The van der Waals surface area contributed by atoms with Crippen molar-refractivity contribution in [3.05, 3.63) is 54.0 Å². The number of rotatable bonds is 6. The van der Waals surface area contributed by atoms with Gasteiger partial charge in [-0.05, 0) is 24.3 Å². The van der Waals surface area contributed by atoms with Crippen LogP contribution in [0.5, 0.6) is 5.75 Å². The van der Waals surface area contributed by atoms with Crippen molar-refractivity contribution in [1.82, 2.24) is 5.32 Å². The number of ketones is 1. The number of amides is 1. The van der Waals surface area contributed by atoms with Gasteiger partial charge in [0.25, 0.3) is 0 Å². The number of hydrogen-bond acceptors (Lipinski definition) is 8. The highest BCUT2D eigenvalue weighted by atomic mass is 16.8. The van der Waals surface area contributed by atoms with E-state index in [0.29, 0.717) is 23.5 Å². The van der Waals surface area contributed by atoms with Crippen molar-refractivity contribution in [1.29, 1.82) is 0 Å². The Bertz CT molecular complexity index is 914. The molecule has 166 valence electrons. The van der Waals surface area contributed by atoms with Crippen LogP contribution in [-0.2, 0) is 19.0 Å². The average molecular weight is 431 g/mol. The van der Waals surface area contributed by atoms with Crippen LogP contribution < -0.4 is 10.1 Å². The molecular formula is C22H25NO8. The highest BCUT2D eigenvalue weighted by molar-refractivity contribution is 5.98. The number of carbonyl (C=O) groups is 2. The minimum Gasteiger partial charge on any atom is -0.464 e. The summed E-state index contributed by atoms with van der Waals surface area (Å²) in [6, 6.07) is 9.27. The molecule has 0 radical (unpaired) electrons. The second kappa shape index (κ2) is 9.19. The lowest BCUT2D eigenvalue weighted by Gasteiger charge is -2.47. The van der Waals surface area contributed by atoms with E-state index in [4.69, 9.17) is 23.4 Å². The Hall–Kier alpha value is -2.72. The van der Waals surface area contributed by atoms with E-state index in [-0.39, 0.29) is 18.3 Å². The summed E-state index contributed by atoms with van der Waals surface area (Å²) in [5.74, 6) is 0.317. The molecule has 2 aliphatic rings. The van der Waals surface area contributed by atoms with E-state index in [2.05, 4.69) is 5.32 Å². The fraction of sp³-hybridized carbons (Fsp3) is 0.455. The van der Waals surface area contributed by atoms with Gasteiger partial charge in [0.05, 0.1) is 18.4 Å². The average Bonchev–Trinajstić information content (AvgIpc) is 3.31. The number of nitrogens with one attached hydrogen (secondary N) is 1. The first kappa shape index (κ1) is 21.5. The van der Waals surface area contributed by atoms with E-state index >= 15 is 0 Å². The Balaban J connectivity index is 1.57. The SMILES string of the molecule is CCC(=O)c1ccccc1OC1OC2COC(c3ccco3)OC2C(O)C1NC(C)=O. The summed E-state index contributed by atoms with van der Waals surface area (Å²) in [7, 11) is 0. The zero-order chi connectivity index (χ0) is 22.0. The first-order valence-electron chi connectivity index (χ1n) is 10.2. The predicted molar refractivity (Wildman–Crippen MR) is 106 cm³/mol. The minimum absolute atomic E-state index is 0.0912. The molecule has 3 heterocycles. The van der Waals surface area contributed by atoms with E-state index < -0.39 is 36.9 Å². The first-order valence-corrected chi connectivity index (χ1v) is 10.2. The normalized spacial score (nSPS) is 30.3. The van der Waals surface area contributed by atoms with E-state index in [9.17, 15) is 14.7 Å². The van der Waals surface area contributed by atoms with Gasteiger partial charge in [-0.3, -0.25) is 9.59 Å². The van der Waals surface area contributed by atoms with Crippen LogP contribution in [0.25, 0.3) is 0 Å². The van der Waals surface area contributed by atoms with Crippen molar-refractivity contribution in [3.63, 3.8) is 0 Å². The molecule has 1 aromatic carbocycles. The number of aliphatic hydroxyl groups is 1. The molecular weight excluding hydrogens is 406 g/mol.